The first-order valence-corrected chi connectivity index (χ1v) is 11.1. The molecule has 2 rings (SSSR count). The van der Waals surface area contributed by atoms with E-state index in [1.807, 2.05) is 19.9 Å². The van der Waals surface area contributed by atoms with Gasteiger partial charge in [0.15, 0.2) is 0 Å². The number of benzene rings is 2. The quantitative estimate of drug-likeness (QED) is 0.706. The third kappa shape index (κ3) is 5.20. The molecule has 2 aromatic rings. The zero-order valence-corrected chi connectivity index (χ0v) is 18.5. The SMILES string of the molecule is CC[C@H](C(=O)Nc1cc(OC)ccc1OC)N(c1ccc(C)c(C)c1)S(C)(=O)=O. The van der Waals surface area contributed by atoms with E-state index in [4.69, 9.17) is 9.47 Å². The number of hydrogen-bond donors (Lipinski definition) is 1. The molecule has 0 fully saturated rings. The molecule has 2 aromatic carbocycles. The van der Waals surface area contributed by atoms with Gasteiger partial charge in [0.05, 0.1) is 31.9 Å². The summed E-state index contributed by atoms with van der Waals surface area (Å²) in [5.41, 5.74) is 2.85. The molecule has 0 bridgehead atoms. The third-order valence-corrected chi connectivity index (χ3v) is 5.92. The van der Waals surface area contributed by atoms with Crippen LogP contribution in [0.1, 0.15) is 24.5 Å². The largest absolute Gasteiger partial charge is 0.497 e. The van der Waals surface area contributed by atoms with Crippen LogP contribution in [0, 0.1) is 13.8 Å². The number of amides is 1. The first-order valence-electron chi connectivity index (χ1n) is 9.21. The minimum Gasteiger partial charge on any atom is -0.497 e. The number of nitrogens with one attached hydrogen (secondary N) is 1. The van der Waals surface area contributed by atoms with E-state index in [-0.39, 0.29) is 6.42 Å². The molecular formula is C21H28N2O5S. The van der Waals surface area contributed by atoms with Crippen LogP contribution < -0.4 is 19.1 Å². The second kappa shape index (κ2) is 9.17. The molecule has 1 amide bonds. The molecule has 7 nitrogen and oxygen atoms in total. The highest BCUT2D eigenvalue weighted by molar-refractivity contribution is 7.92. The van der Waals surface area contributed by atoms with Crippen LogP contribution >= 0.6 is 0 Å². The number of carbonyl (C=O) groups excluding carboxylic acids is 1. The Labute approximate surface area is 172 Å². The number of anilines is 2. The van der Waals surface area contributed by atoms with E-state index in [1.165, 1.54) is 18.5 Å². The molecule has 29 heavy (non-hydrogen) atoms. The Morgan fingerprint density at radius 3 is 2.28 bits per heavy atom. The molecular weight excluding hydrogens is 392 g/mol. The first kappa shape index (κ1) is 22.5. The molecule has 0 unspecified atom stereocenters. The van der Waals surface area contributed by atoms with E-state index >= 15 is 0 Å². The minimum atomic E-state index is -3.71. The zero-order valence-electron chi connectivity index (χ0n) is 17.6. The lowest BCUT2D eigenvalue weighted by Crippen LogP contribution is -2.47. The van der Waals surface area contributed by atoms with Gasteiger partial charge in [-0.15, -0.1) is 0 Å². The maximum Gasteiger partial charge on any atom is 0.248 e. The summed E-state index contributed by atoms with van der Waals surface area (Å²) < 4.78 is 36.9. The molecule has 0 aromatic heterocycles. The summed E-state index contributed by atoms with van der Waals surface area (Å²) in [7, 11) is -0.694. The fraction of sp³-hybridized carbons (Fsp3) is 0.381. The molecule has 158 valence electrons. The molecule has 0 saturated heterocycles. The highest BCUT2D eigenvalue weighted by Crippen LogP contribution is 2.30. The van der Waals surface area contributed by atoms with Crippen molar-refractivity contribution in [2.24, 2.45) is 0 Å². The maximum absolute atomic E-state index is 13.1. The highest BCUT2D eigenvalue weighted by atomic mass is 32.2. The van der Waals surface area contributed by atoms with Gasteiger partial charge >= 0.3 is 0 Å². The lowest BCUT2D eigenvalue weighted by Gasteiger charge is -2.30. The van der Waals surface area contributed by atoms with Gasteiger partial charge < -0.3 is 14.8 Å². The van der Waals surface area contributed by atoms with Gasteiger partial charge in [-0.1, -0.05) is 13.0 Å². The van der Waals surface area contributed by atoms with Crippen LogP contribution in [0.4, 0.5) is 11.4 Å². The fourth-order valence-electron chi connectivity index (χ4n) is 3.05. The summed E-state index contributed by atoms with van der Waals surface area (Å²) in [4.78, 5) is 13.1. The molecule has 0 spiro atoms. The lowest BCUT2D eigenvalue weighted by molar-refractivity contribution is -0.117. The van der Waals surface area contributed by atoms with Crippen molar-refractivity contribution in [1.29, 1.82) is 0 Å². The smallest absolute Gasteiger partial charge is 0.248 e. The molecule has 8 heteroatoms. The normalized spacial score (nSPS) is 12.2. The molecule has 0 aliphatic heterocycles. The molecule has 1 N–H and O–H groups in total. The van der Waals surface area contributed by atoms with Gasteiger partial charge in [0.1, 0.15) is 17.5 Å². The number of methoxy groups -OCH3 is 2. The van der Waals surface area contributed by atoms with E-state index in [9.17, 15) is 13.2 Å². The Morgan fingerprint density at radius 2 is 1.76 bits per heavy atom. The summed E-state index contributed by atoms with van der Waals surface area (Å²) in [6.07, 6.45) is 1.39. The monoisotopic (exact) mass is 420 g/mol. The number of aryl methyl sites for hydroxylation is 2. The van der Waals surface area contributed by atoms with E-state index < -0.39 is 22.0 Å². The van der Waals surface area contributed by atoms with E-state index in [0.29, 0.717) is 22.9 Å². The van der Waals surface area contributed by atoms with Crippen LogP contribution in [-0.2, 0) is 14.8 Å². The van der Waals surface area contributed by atoms with Crippen LogP contribution in [0.5, 0.6) is 11.5 Å². The Kier molecular flexibility index (Phi) is 7.13. The number of sulfonamides is 1. The maximum atomic E-state index is 13.1. The highest BCUT2D eigenvalue weighted by Gasteiger charge is 2.32. The van der Waals surface area contributed by atoms with Crippen LogP contribution in [0.2, 0.25) is 0 Å². The van der Waals surface area contributed by atoms with Gasteiger partial charge in [-0.25, -0.2) is 8.42 Å². The van der Waals surface area contributed by atoms with Gasteiger partial charge in [0, 0.05) is 6.07 Å². The number of carbonyl (C=O) groups is 1. The van der Waals surface area contributed by atoms with E-state index in [0.717, 1.165) is 17.4 Å². The van der Waals surface area contributed by atoms with E-state index in [2.05, 4.69) is 5.32 Å². The van der Waals surface area contributed by atoms with Crippen molar-refractivity contribution >= 4 is 27.3 Å². The summed E-state index contributed by atoms with van der Waals surface area (Å²) in [6.45, 7) is 5.62. The number of hydrogen-bond acceptors (Lipinski definition) is 5. The van der Waals surface area contributed by atoms with Crippen molar-refractivity contribution in [2.75, 3.05) is 30.1 Å². The van der Waals surface area contributed by atoms with Crippen LogP contribution in [0.25, 0.3) is 0 Å². The van der Waals surface area contributed by atoms with Crippen molar-refractivity contribution in [1.82, 2.24) is 0 Å². The Hall–Kier alpha value is -2.74. The molecule has 0 aliphatic carbocycles. The van der Waals surface area contributed by atoms with Crippen LogP contribution in [0.15, 0.2) is 36.4 Å². The number of ether oxygens (including phenoxy) is 2. The average molecular weight is 421 g/mol. The van der Waals surface area contributed by atoms with E-state index in [1.54, 1.807) is 37.3 Å². The van der Waals surface area contributed by atoms with Crippen molar-refractivity contribution in [3.63, 3.8) is 0 Å². The minimum absolute atomic E-state index is 0.290. The standard InChI is InChI=1S/C21H28N2O5S/c1-7-19(21(24)22-18-13-17(27-4)10-11-20(18)28-5)23(29(6,25)26)16-9-8-14(2)15(3)12-16/h8-13,19H,7H2,1-6H3,(H,22,24)/t19-/m1/s1. The van der Waals surface area contributed by atoms with Crippen LogP contribution in [0.3, 0.4) is 0 Å². The van der Waals surface area contributed by atoms with Gasteiger partial charge in [0.2, 0.25) is 15.9 Å². The number of rotatable bonds is 8. The molecule has 0 aliphatic rings. The van der Waals surface area contributed by atoms with Crippen molar-refractivity contribution in [3.05, 3.63) is 47.5 Å². The van der Waals surface area contributed by atoms with Gasteiger partial charge in [-0.05, 0) is 55.7 Å². The van der Waals surface area contributed by atoms with Crippen molar-refractivity contribution < 1.29 is 22.7 Å². The zero-order chi connectivity index (χ0) is 21.8. The first-order chi connectivity index (χ1) is 13.6. The molecule has 0 radical (unpaired) electrons. The van der Waals surface area contributed by atoms with Gasteiger partial charge in [-0.3, -0.25) is 9.10 Å². The van der Waals surface area contributed by atoms with Crippen molar-refractivity contribution in [2.45, 2.75) is 33.2 Å². The Morgan fingerprint density at radius 1 is 1.07 bits per heavy atom. The summed E-state index contributed by atoms with van der Waals surface area (Å²) in [6, 6.07) is 9.42. The molecule has 0 heterocycles. The molecule has 1 atom stereocenters. The summed E-state index contributed by atoms with van der Waals surface area (Å²) in [5, 5.41) is 2.79. The average Bonchev–Trinajstić information content (AvgIpc) is 2.67. The number of nitrogens with zero attached hydrogens (tertiary/aromatic N) is 1. The lowest BCUT2D eigenvalue weighted by atomic mass is 10.1. The second-order valence-electron chi connectivity index (χ2n) is 6.81. The Bertz CT molecular complexity index is 989. The predicted octanol–water partition coefficient (Wildman–Crippen LogP) is 3.50. The summed E-state index contributed by atoms with van der Waals surface area (Å²) >= 11 is 0. The van der Waals surface area contributed by atoms with Gasteiger partial charge in [-0.2, -0.15) is 0 Å². The van der Waals surface area contributed by atoms with Crippen LogP contribution in [-0.4, -0.2) is 40.8 Å². The van der Waals surface area contributed by atoms with Gasteiger partial charge in [0.25, 0.3) is 0 Å². The Balaban J connectivity index is 2.45. The molecule has 0 saturated carbocycles. The fourth-order valence-corrected chi connectivity index (χ4v) is 4.25. The van der Waals surface area contributed by atoms with Crippen molar-refractivity contribution in [3.8, 4) is 11.5 Å². The third-order valence-electron chi connectivity index (χ3n) is 4.74. The summed E-state index contributed by atoms with van der Waals surface area (Å²) in [5.74, 6) is 0.539. The topological polar surface area (TPSA) is 84.9 Å². The second-order valence-corrected chi connectivity index (χ2v) is 8.67. The predicted molar refractivity (Wildman–Crippen MR) is 115 cm³/mol.